The van der Waals surface area contributed by atoms with E-state index in [1.807, 2.05) is 38.1 Å². The van der Waals surface area contributed by atoms with Crippen molar-refractivity contribution in [2.45, 2.75) is 64.2 Å². The van der Waals surface area contributed by atoms with E-state index in [1.54, 1.807) is 4.31 Å². The fourth-order valence-electron chi connectivity index (χ4n) is 4.89. The van der Waals surface area contributed by atoms with Gasteiger partial charge >= 0.3 is 0 Å². The first-order chi connectivity index (χ1) is 15.3. The molecule has 1 heterocycles. The summed E-state index contributed by atoms with van der Waals surface area (Å²) in [5.41, 5.74) is 5.84. The van der Waals surface area contributed by atoms with Gasteiger partial charge in [-0.25, -0.2) is 12.7 Å². The highest BCUT2D eigenvalue weighted by atomic mass is 32.2. The van der Waals surface area contributed by atoms with Crippen molar-refractivity contribution in [1.29, 1.82) is 0 Å². The molecule has 2 aliphatic rings. The number of rotatable bonds is 6. The van der Waals surface area contributed by atoms with E-state index in [0.717, 1.165) is 29.5 Å². The number of carbonyl (C=O) groups excluding carboxylic acids is 1. The second-order valence-electron chi connectivity index (χ2n) is 9.32. The number of nitrogens with one attached hydrogen (secondary N) is 1. The van der Waals surface area contributed by atoms with Crippen LogP contribution < -0.4 is 5.32 Å². The lowest BCUT2D eigenvalue weighted by molar-refractivity contribution is -0.126. The zero-order chi connectivity index (χ0) is 22.7. The summed E-state index contributed by atoms with van der Waals surface area (Å²) < 4.78 is 27.3. The Bertz CT molecular complexity index is 1070. The highest BCUT2D eigenvalue weighted by Gasteiger charge is 2.32. The van der Waals surface area contributed by atoms with Crippen LogP contribution in [0.3, 0.4) is 0 Å². The van der Waals surface area contributed by atoms with E-state index in [-0.39, 0.29) is 23.6 Å². The third-order valence-electron chi connectivity index (χ3n) is 7.05. The number of nitrogens with zero attached hydrogens (tertiary/aromatic N) is 1. The summed E-state index contributed by atoms with van der Waals surface area (Å²) in [4.78, 5) is 12.9. The maximum Gasteiger partial charge on any atom is 0.223 e. The minimum absolute atomic E-state index is 0.0197. The van der Waals surface area contributed by atoms with Crippen molar-refractivity contribution in [3.8, 4) is 0 Å². The molecule has 0 radical (unpaired) electrons. The smallest absolute Gasteiger partial charge is 0.223 e. The quantitative estimate of drug-likeness (QED) is 0.708. The van der Waals surface area contributed by atoms with E-state index in [1.165, 1.54) is 24.0 Å². The summed E-state index contributed by atoms with van der Waals surface area (Å²) in [5.74, 6) is -0.0857. The number of sulfonamides is 1. The second-order valence-corrected chi connectivity index (χ2v) is 11.3. The number of hydrogen-bond acceptors (Lipinski definition) is 3. The van der Waals surface area contributed by atoms with Gasteiger partial charge in [0, 0.05) is 19.0 Å². The molecule has 2 aromatic rings. The number of amides is 1. The highest BCUT2D eigenvalue weighted by molar-refractivity contribution is 7.88. The van der Waals surface area contributed by atoms with Gasteiger partial charge in [-0.2, -0.15) is 0 Å². The van der Waals surface area contributed by atoms with Crippen LogP contribution in [0.4, 0.5) is 0 Å². The van der Waals surface area contributed by atoms with Crippen LogP contribution in [0.25, 0.3) is 0 Å². The molecule has 1 saturated heterocycles. The maximum absolute atomic E-state index is 12.9. The lowest BCUT2D eigenvalue weighted by Gasteiger charge is -2.31. The maximum atomic E-state index is 12.9. The molecule has 1 fully saturated rings. The van der Waals surface area contributed by atoms with Crippen LogP contribution in [0.2, 0.25) is 0 Å². The molecule has 0 spiro atoms. The molecule has 1 aliphatic carbocycles. The first-order valence-electron chi connectivity index (χ1n) is 11.8. The first-order valence-corrected chi connectivity index (χ1v) is 13.4. The van der Waals surface area contributed by atoms with Crippen LogP contribution in [0.15, 0.2) is 42.5 Å². The van der Waals surface area contributed by atoms with Gasteiger partial charge in [-0.1, -0.05) is 42.5 Å². The largest absolute Gasteiger partial charge is 0.349 e. The normalized spacial score (nSPS) is 18.7. The standard InChI is InChI=1S/C26H34N2O3S/c1-19-7-3-4-10-25(19)18-32(30,31)28-15-13-22(14-16-28)26(29)27-20(2)23-12-11-21-8-5-6-9-24(21)17-23/h3-4,7,10-12,17,20,22H,5-6,8-9,13-16,18H2,1-2H3,(H,27,29). The number of aryl methyl sites for hydroxylation is 3. The lowest BCUT2D eigenvalue weighted by atomic mass is 9.89. The van der Waals surface area contributed by atoms with Crippen molar-refractivity contribution in [1.82, 2.24) is 9.62 Å². The predicted octanol–water partition coefficient (Wildman–Crippen LogP) is 4.29. The lowest BCUT2D eigenvalue weighted by Crippen LogP contribution is -2.43. The average Bonchev–Trinajstić information content (AvgIpc) is 2.80. The van der Waals surface area contributed by atoms with Crippen LogP contribution >= 0.6 is 0 Å². The number of hydrogen-bond donors (Lipinski definition) is 1. The van der Waals surface area contributed by atoms with Crippen LogP contribution in [0.1, 0.15) is 66.5 Å². The zero-order valence-corrected chi connectivity index (χ0v) is 20.0. The summed E-state index contributed by atoms with van der Waals surface area (Å²) >= 11 is 0. The molecule has 1 amide bonds. The third-order valence-corrected chi connectivity index (χ3v) is 8.88. The number of carbonyl (C=O) groups is 1. The molecule has 1 unspecified atom stereocenters. The van der Waals surface area contributed by atoms with E-state index < -0.39 is 10.0 Å². The molecule has 0 bridgehead atoms. The monoisotopic (exact) mass is 454 g/mol. The minimum atomic E-state index is -3.38. The van der Waals surface area contributed by atoms with Gasteiger partial charge in [0.2, 0.25) is 15.9 Å². The van der Waals surface area contributed by atoms with E-state index in [9.17, 15) is 13.2 Å². The summed E-state index contributed by atoms with van der Waals surface area (Å²) in [5, 5.41) is 3.17. The highest BCUT2D eigenvalue weighted by Crippen LogP contribution is 2.26. The molecule has 0 saturated carbocycles. The SMILES string of the molecule is Cc1ccccc1CS(=O)(=O)N1CCC(C(=O)NC(C)c2ccc3c(c2)CCCC3)CC1. The molecular formula is C26H34N2O3S. The van der Waals surface area contributed by atoms with Gasteiger partial charge < -0.3 is 5.32 Å². The van der Waals surface area contributed by atoms with Crippen molar-refractivity contribution in [3.63, 3.8) is 0 Å². The molecule has 6 heteroatoms. The first kappa shape index (κ1) is 23.0. The van der Waals surface area contributed by atoms with Crippen molar-refractivity contribution in [3.05, 3.63) is 70.3 Å². The Morgan fingerprint density at radius 1 is 1.06 bits per heavy atom. The Morgan fingerprint density at radius 2 is 1.75 bits per heavy atom. The topological polar surface area (TPSA) is 66.5 Å². The molecule has 1 atom stereocenters. The van der Waals surface area contributed by atoms with E-state index >= 15 is 0 Å². The van der Waals surface area contributed by atoms with Gasteiger partial charge in [0.1, 0.15) is 0 Å². The Labute approximate surface area is 192 Å². The van der Waals surface area contributed by atoms with Crippen molar-refractivity contribution in [2.75, 3.05) is 13.1 Å². The minimum Gasteiger partial charge on any atom is -0.349 e. The molecule has 1 N–H and O–H groups in total. The predicted molar refractivity (Wildman–Crippen MR) is 128 cm³/mol. The number of piperidine rings is 1. The second kappa shape index (κ2) is 9.75. The van der Waals surface area contributed by atoms with Gasteiger partial charge in [0.25, 0.3) is 0 Å². The third kappa shape index (κ3) is 5.24. The molecule has 1 aliphatic heterocycles. The molecule has 0 aromatic heterocycles. The van der Waals surface area contributed by atoms with Crippen LogP contribution in [0.5, 0.6) is 0 Å². The van der Waals surface area contributed by atoms with Gasteiger partial charge in [0.15, 0.2) is 0 Å². The summed E-state index contributed by atoms with van der Waals surface area (Å²) in [6.07, 6.45) is 5.91. The van der Waals surface area contributed by atoms with E-state index in [0.29, 0.717) is 25.9 Å². The Balaban J connectivity index is 1.32. The summed E-state index contributed by atoms with van der Waals surface area (Å²) in [6, 6.07) is 14.2. The van der Waals surface area contributed by atoms with Gasteiger partial charge in [-0.05, 0) is 80.2 Å². The van der Waals surface area contributed by atoms with Crippen LogP contribution in [0, 0.1) is 12.8 Å². The number of fused-ring (bicyclic) bond motifs is 1. The van der Waals surface area contributed by atoms with Crippen molar-refractivity contribution in [2.24, 2.45) is 5.92 Å². The van der Waals surface area contributed by atoms with Crippen molar-refractivity contribution < 1.29 is 13.2 Å². The molecule has 4 rings (SSSR count). The van der Waals surface area contributed by atoms with Gasteiger partial charge in [-0.3, -0.25) is 4.79 Å². The Kier molecular flexibility index (Phi) is 7.01. The zero-order valence-electron chi connectivity index (χ0n) is 19.1. The summed E-state index contributed by atoms with van der Waals surface area (Å²) in [7, 11) is -3.38. The number of benzene rings is 2. The average molecular weight is 455 g/mol. The van der Waals surface area contributed by atoms with Crippen molar-refractivity contribution >= 4 is 15.9 Å². The molecule has 172 valence electrons. The fourth-order valence-corrected chi connectivity index (χ4v) is 6.56. The van der Waals surface area contributed by atoms with Crippen LogP contribution in [-0.4, -0.2) is 31.7 Å². The van der Waals surface area contributed by atoms with Gasteiger partial charge in [-0.15, -0.1) is 0 Å². The van der Waals surface area contributed by atoms with E-state index in [4.69, 9.17) is 0 Å². The summed E-state index contributed by atoms with van der Waals surface area (Å²) in [6.45, 7) is 4.77. The Hall–Kier alpha value is -2.18. The fraction of sp³-hybridized carbons (Fsp3) is 0.500. The molecule has 32 heavy (non-hydrogen) atoms. The van der Waals surface area contributed by atoms with Gasteiger partial charge in [0.05, 0.1) is 11.8 Å². The molecular weight excluding hydrogens is 420 g/mol. The Morgan fingerprint density at radius 3 is 2.47 bits per heavy atom. The van der Waals surface area contributed by atoms with Crippen LogP contribution in [-0.2, 0) is 33.4 Å². The molecule has 2 aromatic carbocycles. The van der Waals surface area contributed by atoms with E-state index in [2.05, 4.69) is 23.5 Å². The molecule has 5 nitrogen and oxygen atoms in total.